The maximum atomic E-state index is 12.9. The van der Waals surface area contributed by atoms with E-state index >= 15 is 0 Å². The predicted octanol–water partition coefficient (Wildman–Crippen LogP) is 4.44. The Morgan fingerprint density at radius 3 is 2.23 bits per heavy atom. The minimum absolute atomic E-state index is 0.161. The average molecular weight is 403 g/mol. The van der Waals surface area contributed by atoms with E-state index in [2.05, 4.69) is 5.32 Å². The van der Waals surface area contributed by atoms with Gasteiger partial charge in [-0.05, 0) is 41.5 Å². The number of amides is 1. The van der Waals surface area contributed by atoms with E-state index in [-0.39, 0.29) is 5.91 Å². The summed E-state index contributed by atoms with van der Waals surface area (Å²) >= 11 is 0. The van der Waals surface area contributed by atoms with Crippen molar-refractivity contribution < 1.29 is 19.0 Å². The molecule has 5 heteroatoms. The van der Waals surface area contributed by atoms with Crippen LogP contribution in [0.5, 0.6) is 17.2 Å². The number of carbonyl (C=O) groups is 1. The lowest BCUT2D eigenvalue weighted by Gasteiger charge is -2.11. The molecule has 5 nitrogen and oxygen atoms in total. The lowest BCUT2D eigenvalue weighted by molar-refractivity contribution is -0.115. The van der Waals surface area contributed by atoms with Gasteiger partial charge >= 0.3 is 0 Å². The fraction of sp³-hybridized carbons (Fsp3) is 0.160. The number of ether oxygens (including phenoxy) is 3. The Bertz CT molecular complexity index is 982. The summed E-state index contributed by atoms with van der Waals surface area (Å²) in [7, 11) is 3.24. The molecule has 0 bridgehead atoms. The van der Waals surface area contributed by atoms with Crippen molar-refractivity contribution in [3.8, 4) is 17.2 Å². The maximum absolute atomic E-state index is 12.9. The summed E-state index contributed by atoms with van der Waals surface area (Å²) in [6.07, 6.45) is 1.87. The van der Waals surface area contributed by atoms with E-state index in [4.69, 9.17) is 14.2 Å². The van der Waals surface area contributed by atoms with Gasteiger partial charge in [-0.3, -0.25) is 4.79 Å². The third kappa shape index (κ3) is 5.88. The van der Waals surface area contributed by atoms with Crippen LogP contribution in [0.2, 0.25) is 0 Å². The van der Waals surface area contributed by atoms with Gasteiger partial charge in [0.2, 0.25) is 0 Å². The van der Waals surface area contributed by atoms with Crippen molar-refractivity contribution in [2.75, 3.05) is 27.4 Å². The van der Waals surface area contributed by atoms with Gasteiger partial charge in [0.05, 0.1) is 20.8 Å². The second kappa shape index (κ2) is 10.7. The zero-order valence-electron chi connectivity index (χ0n) is 17.1. The molecule has 0 spiro atoms. The topological polar surface area (TPSA) is 56.8 Å². The van der Waals surface area contributed by atoms with Crippen LogP contribution in [-0.2, 0) is 4.79 Å². The summed E-state index contributed by atoms with van der Waals surface area (Å²) in [5.41, 5.74) is 2.35. The lowest BCUT2D eigenvalue weighted by atomic mass is 10.0. The smallest absolute Gasteiger partial charge is 0.252 e. The van der Waals surface area contributed by atoms with Gasteiger partial charge < -0.3 is 19.5 Å². The monoisotopic (exact) mass is 403 g/mol. The Kier molecular flexibility index (Phi) is 7.50. The largest absolute Gasteiger partial charge is 0.497 e. The van der Waals surface area contributed by atoms with E-state index in [0.29, 0.717) is 24.5 Å². The summed E-state index contributed by atoms with van der Waals surface area (Å²) in [5, 5.41) is 2.93. The molecule has 30 heavy (non-hydrogen) atoms. The van der Waals surface area contributed by atoms with E-state index in [0.717, 1.165) is 22.6 Å². The first kappa shape index (κ1) is 21.0. The SMILES string of the molecule is COc1ccc(/C=C(/C(=O)NCCOc2cccc(OC)c2)c2ccccc2)cc1. The van der Waals surface area contributed by atoms with Crippen molar-refractivity contribution in [1.29, 1.82) is 0 Å². The normalized spacial score (nSPS) is 10.9. The minimum atomic E-state index is -0.161. The molecule has 0 aliphatic carbocycles. The lowest BCUT2D eigenvalue weighted by Crippen LogP contribution is -2.28. The molecule has 0 aliphatic rings. The van der Waals surface area contributed by atoms with Crippen molar-refractivity contribution >= 4 is 17.6 Å². The van der Waals surface area contributed by atoms with Crippen LogP contribution in [0.4, 0.5) is 0 Å². The van der Waals surface area contributed by atoms with Crippen LogP contribution in [0.15, 0.2) is 78.9 Å². The molecule has 154 valence electrons. The first-order chi connectivity index (χ1) is 14.7. The van der Waals surface area contributed by atoms with Crippen LogP contribution in [0, 0.1) is 0 Å². The van der Waals surface area contributed by atoms with Gasteiger partial charge in [0.1, 0.15) is 23.9 Å². The molecule has 0 unspecified atom stereocenters. The Hall–Kier alpha value is -3.73. The van der Waals surface area contributed by atoms with Gasteiger partial charge in [-0.2, -0.15) is 0 Å². The van der Waals surface area contributed by atoms with Crippen molar-refractivity contribution in [2.24, 2.45) is 0 Å². The first-order valence-corrected chi connectivity index (χ1v) is 9.66. The van der Waals surface area contributed by atoms with E-state index in [9.17, 15) is 4.79 Å². The summed E-state index contributed by atoms with van der Waals surface area (Å²) in [5.74, 6) is 2.03. The van der Waals surface area contributed by atoms with Gasteiger partial charge in [-0.1, -0.05) is 48.5 Å². The molecule has 3 rings (SSSR count). The fourth-order valence-corrected chi connectivity index (χ4v) is 2.88. The molecule has 0 saturated carbocycles. The van der Waals surface area contributed by atoms with Crippen molar-refractivity contribution in [3.05, 3.63) is 90.0 Å². The van der Waals surface area contributed by atoms with Crippen molar-refractivity contribution in [2.45, 2.75) is 0 Å². The zero-order valence-corrected chi connectivity index (χ0v) is 17.1. The number of benzene rings is 3. The molecule has 0 saturated heterocycles. The second-order valence-corrected chi connectivity index (χ2v) is 6.48. The molecule has 0 fully saturated rings. The Morgan fingerprint density at radius 1 is 0.833 bits per heavy atom. The van der Waals surface area contributed by atoms with E-state index in [1.165, 1.54) is 0 Å². The van der Waals surface area contributed by atoms with Crippen LogP contribution in [0.3, 0.4) is 0 Å². The highest BCUT2D eigenvalue weighted by Gasteiger charge is 2.12. The first-order valence-electron chi connectivity index (χ1n) is 9.66. The number of nitrogens with one attached hydrogen (secondary N) is 1. The molecule has 0 radical (unpaired) electrons. The molecule has 1 N–H and O–H groups in total. The van der Waals surface area contributed by atoms with E-state index in [1.807, 2.05) is 78.9 Å². The molecule has 1 amide bonds. The summed E-state index contributed by atoms with van der Waals surface area (Å²) < 4.78 is 16.1. The van der Waals surface area contributed by atoms with E-state index < -0.39 is 0 Å². The molecule has 3 aromatic carbocycles. The molecular formula is C25H25NO4. The number of carbonyl (C=O) groups excluding carboxylic acids is 1. The highest BCUT2D eigenvalue weighted by molar-refractivity contribution is 6.24. The number of hydrogen-bond acceptors (Lipinski definition) is 4. The quantitative estimate of drug-likeness (QED) is 0.326. The van der Waals surface area contributed by atoms with Crippen LogP contribution in [0.1, 0.15) is 11.1 Å². The predicted molar refractivity (Wildman–Crippen MR) is 119 cm³/mol. The van der Waals surface area contributed by atoms with Crippen LogP contribution >= 0.6 is 0 Å². The molecule has 0 atom stereocenters. The third-order valence-electron chi connectivity index (χ3n) is 4.45. The van der Waals surface area contributed by atoms with Crippen LogP contribution in [-0.4, -0.2) is 33.3 Å². The van der Waals surface area contributed by atoms with Gasteiger partial charge in [0, 0.05) is 11.6 Å². The van der Waals surface area contributed by atoms with Gasteiger partial charge in [-0.15, -0.1) is 0 Å². The maximum Gasteiger partial charge on any atom is 0.252 e. The Labute approximate surface area is 176 Å². The number of rotatable bonds is 9. The molecule has 0 aliphatic heterocycles. The standard InChI is InChI=1S/C25H25NO4/c1-28-21-13-11-19(12-14-21)17-24(20-7-4-3-5-8-20)25(27)26-15-16-30-23-10-6-9-22(18-23)29-2/h3-14,17-18H,15-16H2,1-2H3,(H,26,27)/b24-17+. The molecular weight excluding hydrogens is 378 g/mol. The summed E-state index contributed by atoms with van der Waals surface area (Å²) in [6.45, 7) is 0.729. The summed E-state index contributed by atoms with van der Waals surface area (Å²) in [6, 6.07) is 24.5. The minimum Gasteiger partial charge on any atom is -0.497 e. The number of methoxy groups -OCH3 is 2. The summed E-state index contributed by atoms with van der Waals surface area (Å²) in [4.78, 5) is 12.9. The Balaban J connectivity index is 1.67. The number of hydrogen-bond donors (Lipinski definition) is 1. The molecule has 0 heterocycles. The fourth-order valence-electron chi connectivity index (χ4n) is 2.88. The molecule has 0 aromatic heterocycles. The highest BCUT2D eigenvalue weighted by atomic mass is 16.5. The van der Waals surface area contributed by atoms with E-state index in [1.54, 1.807) is 20.3 Å². The van der Waals surface area contributed by atoms with Gasteiger partial charge in [-0.25, -0.2) is 0 Å². The van der Waals surface area contributed by atoms with Crippen molar-refractivity contribution in [3.63, 3.8) is 0 Å². The zero-order chi connectivity index (χ0) is 21.2. The Morgan fingerprint density at radius 2 is 1.53 bits per heavy atom. The van der Waals surface area contributed by atoms with Crippen molar-refractivity contribution in [1.82, 2.24) is 5.32 Å². The van der Waals surface area contributed by atoms with Crippen LogP contribution < -0.4 is 19.5 Å². The molecule has 3 aromatic rings. The highest BCUT2D eigenvalue weighted by Crippen LogP contribution is 2.21. The average Bonchev–Trinajstić information content (AvgIpc) is 2.81. The third-order valence-corrected chi connectivity index (χ3v) is 4.45. The second-order valence-electron chi connectivity index (χ2n) is 6.48. The van der Waals surface area contributed by atoms with Gasteiger partial charge in [0.25, 0.3) is 5.91 Å². The van der Waals surface area contributed by atoms with Gasteiger partial charge in [0.15, 0.2) is 0 Å². The van der Waals surface area contributed by atoms with Crippen LogP contribution in [0.25, 0.3) is 11.6 Å².